The zero-order valence-corrected chi connectivity index (χ0v) is 21.9. The molecule has 6 fully saturated rings. The number of carbonyl (C=O) groups excluding carboxylic acids is 1. The number of aliphatic hydroxyl groups is 4. The number of pyridine rings is 1. The maximum absolute atomic E-state index is 14.3. The van der Waals surface area contributed by atoms with Gasteiger partial charge in [-0.3, -0.25) is 9.78 Å². The molecule has 204 valence electrons. The molecule has 0 unspecified atom stereocenters. The molecule has 0 radical (unpaired) electrons. The first-order valence-electron chi connectivity index (χ1n) is 13.2. The minimum Gasteiger partial charge on any atom is -0.392 e. The molecule has 5 N–H and O–H groups in total. The third kappa shape index (κ3) is 2.99. The number of Topliss-reactive ketones (excluding diaryl/α,β-unsaturated/α-hetero) is 1. The van der Waals surface area contributed by atoms with Crippen LogP contribution in [0.15, 0.2) is 29.4 Å². The summed E-state index contributed by atoms with van der Waals surface area (Å²) >= 11 is 0. The molecular formula is C26H36N2O8S. The summed E-state index contributed by atoms with van der Waals surface area (Å²) in [4.78, 5) is 18.1. The van der Waals surface area contributed by atoms with E-state index >= 15 is 0 Å². The maximum atomic E-state index is 14.3. The number of aromatic nitrogens is 1. The van der Waals surface area contributed by atoms with Crippen molar-refractivity contribution in [2.24, 2.45) is 39.9 Å². The number of ether oxygens (including phenoxy) is 1. The molecule has 7 rings (SSSR count). The molecular weight excluding hydrogens is 500 g/mol. The topological polar surface area (TPSA) is 166 Å². The lowest BCUT2D eigenvalue weighted by molar-refractivity contribution is -0.458. The standard InChI is InChI=1S/C26H36N2O8S/c1-23(2)9-7-18(29)24-13-36-26(33,22(32)19(23)24)25-17(24)6-5-15(20(25)30)16(21(25)31)8-11-28-37(34,35)14-4-3-10-27-12-14/h3-4,10,12,15-20,22,28-30,32-33H,5-9,11,13H2,1-2H3/t15-,16-,17-,18-,19+,20+,22-,24+,25+,26+/m0/s1. The van der Waals surface area contributed by atoms with Gasteiger partial charge in [0.25, 0.3) is 0 Å². The van der Waals surface area contributed by atoms with E-state index in [1.807, 2.05) is 13.8 Å². The molecule has 37 heavy (non-hydrogen) atoms. The highest BCUT2D eigenvalue weighted by Crippen LogP contribution is 2.76. The van der Waals surface area contributed by atoms with Crippen molar-refractivity contribution in [1.82, 2.24) is 9.71 Å². The monoisotopic (exact) mass is 536 g/mol. The second-order valence-corrected chi connectivity index (χ2v) is 14.3. The largest absolute Gasteiger partial charge is 0.392 e. The highest BCUT2D eigenvalue weighted by atomic mass is 32.2. The minimum absolute atomic E-state index is 0.0136. The summed E-state index contributed by atoms with van der Waals surface area (Å²) in [5.41, 5.74) is -3.15. The fourth-order valence-electron chi connectivity index (χ4n) is 9.38. The van der Waals surface area contributed by atoms with Crippen molar-refractivity contribution in [3.05, 3.63) is 24.5 Å². The number of nitrogens with zero attached hydrogens (tertiary/aromatic N) is 1. The summed E-state index contributed by atoms with van der Waals surface area (Å²) in [6.07, 6.45) is 1.44. The van der Waals surface area contributed by atoms with Crippen LogP contribution in [0.3, 0.4) is 0 Å². The first-order chi connectivity index (χ1) is 17.4. The third-order valence-corrected chi connectivity index (χ3v) is 12.2. The Balaban J connectivity index is 1.34. The number of rotatable bonds is 5. The van der Waals surface area contributed by atoms with E-state index in [1.54, 1.807) is 0 Å². The second kappa shape index (κ2) is 8.03. The van der Waals surface area contributed by atoms with Gasteiger partial charge in [0.15, 0.2) is 5.78 Å². The summed E-state index contributed by atoms with van der Waals surface area (Å²) in [6.45, 7) is 4.01. The van der Waals surface area contributed by atoms with Gasteiger partial charge in [-0.1, -0.05) is 13.8 Å². The lowest BCUT2D eigenvalue weighted by Crippen LogP contribution is -2.85. The van der Waals surface area contributed by atoms with Crippen LogP contribution in [0.1, 0.15) is 46.0 Å². The van der Waals surface area contributed by atoms with Crippen LogP contribution in [-0.2, 0) is 19.6 Å². The van der Waals surface area contributed by atoms with Gasteiger partial charge in [-0.2, -0.15) is 0 Å². The van der Waals surface area contributed by atoms with Gasteiger partial charge in [-0.15, -0.1) is 0 Å². The molecule has 11 heteroatoms. The van der Waals surface area contributed by atoms with E-state index in [4.69, 9.17) is 4.74 Å². The first kappa shape index (κ1) is 25.8. The SMILES string of the molecule is CC1(C)CC[C@H](O)[C@]23CO[C@](O)([C@@H](O)[C@H]12)[C@]12C(=O)[C@@H](CCNS(=O)(=O)c4cccnc4)[C@H](CC[C@@H]31)[C@H]2O. The van der Waals surface area contributed by atoms with Crippen LogP contribution < -0.4 is 4.72 Å². The van der Waals surface area contributed by atoms with Crippen molar-refractivity contribution in [3.8, 4) is 0 Å². The molecule has 4 aliphatic carbocycles. The van der Waals surface area contributed by atoms with Gasteiger partial charge in [0.1, 0.15) is 16.4 Å². The van der Waals surface area contributed by atoms with Crippen LogP contribution in [0.25, 0.3) is 0 Å². The van der Waals surface area contributed by atoms with E-state index in [0.717, 1.165) is 0 Å². The van der Waals surface area contributed by atoms with E-state index in [0.29, 0.717) is 25.7 Å². The quantitative estimate of drug-likeness (QED) is 0.353. The van der Waals surface area contributed by atoms with Crippen molar-refractivity contribution >= 4 is 15.8 Å². The van der Waals surface area contributed by atoms with E-state index in [-0.39, 0.29) is 24.5 Å². The molecule has 1 aromatic heterocycles. The van der Waals surface area contributed by atoms with Crippen LogP contribution in [0.5, 0.6) is 0 Å². The van der Waals surface area contributed by atoms with Gasteiger partial charge in [0.05, 0.1) is 18.8 Å². The summed E-state index contributed by atoms with van der Waals surface area (Å²) in [6, 6.07) is 2.95. The number of aliphatic hydroxyl groups excluding tert-OH is 3. The van der Waals surface area contributed by atoms with Gasteiger partial charge in [-0.25, -0.2) is 13.1 Å². The zero-order chi connectivity index (χ0) is 26.6. The normalized spacial score (nSPS) is 47.9. The van der Waals surface area contributed by atoms with Crippen molar-refractivity contribution in [1.29, 1.82) is 0 Å². The van der Waals surface area contributed by atoms with E-state index < -0.39 is 79.8 Å². The van der Waals surface area contributed by atoms with Gasteiger partial charge < -0.3 is 25.2 Å². The average Bonchev–Trinajstić information content (AvgIpc) is 2.97. The van der Waals surface area contributed by atoms with Crippen LogP contribution in [0.2, 0.25) is 0 Å². The van der Waals surface area contributed by atoms with Crippen molar-refractivity contribution in [2.75, 3.05) is 13.2 Å². The molecule has 2 spiro atoms. The van der Waals surface area contributed by atoms with E-state index in [2.05, 4.69) is 9.71 Å². The van der Waals surface area contributed by atoms with E-state index in [9.17, 15) is 33.6 Å². The number of hydrogen-bond acceptors (Lipinski definition) is 9. The summed E-state index contributed by atoms with van der Waals surface area (Å²) < 4.78 is 33.8. The average molecular weight is 537 g/mol. The maximum Gasteiger partial charge on any atom is 0.242 e. The Hall–Kier alpha value is -1.47. The number of hydrogen-bond donors (Lipinski definition) is 5. The molecule has 10 atom stereocenters. The second-order valence-electron chi connectivity index (χ2n) is 12.5. The summed E-state index contributed by atoms with van der Waals surface area (Å²) in [5.74, 6) is -4.97. The van der Waals surface area contributed by atoms with Crippen molar-refractivity contribution < 1.29 is 38.4 Å². The molecule has 0 aromatic carbocycles. The predicted molar refractivity (Wildman–Crippen MR) is 129 cm³/mol. The Labute approximate surface area is 216 Å². The Bertz CT molecular complexity index is 1210. The van der Waals surface area contributed by atoms with Crippen LogP contribution in [0.4, 0.5) is 0 Å². The predicted octanol–water partition coefficient (Wildman–Crippen LogP) is 0.199. The van der Waals surface area contributed by atoms with Gasteiger partial charge in [0, 0.05) is 36.2 Å². The molecule has 4 saturated carbocycles. The number of sulfonamides is 1. The zero-order valence-electron chi connectivity index (χ0n) is 21.1. The lowest BCUT2D eigenvalue weighted by Gasteiger charge is -2.74. The Kier molecular flexibility index (Phi) is 5.60. The Morgan fingerprint density at radius 2 is 1.92 bits per heavy atom. The number of carbonyl (C=O) groups is 1. The highest BCUT2D eigenvalue weighted by Gasteiger charge is 2.87. The molecule has 10 nitrogen and oxygen atoms in total. The molecule has 0 amide bonds. The number of ketones is 1. The van der Waals surface area contributed by atoms with Crippen molar-refractivity contribution in [3.63, 3.8) is 0 Å². The Morgan fingerprint density at radius 1 is 1.16 bits per heavy atom. The molecule has 6 aliphatic rings. The summed E-state index contributed by atoms with van der Waals surface area (Å²) in [5, 5.41) is 46.7. The number of nitrogens with one attached hydrogen (secondary N) is 1. The third-order valence-electron chi connectivity index (χ3n) is 10.8. The smallest absolute Gasteiger partial charge is 0.242 e. The van der Waals surface area contributed by atoms with E-state index in [1.165, 1.54) is 24.5 Å². The molecule has 2 aliphatic heterocycles. The molecule has 1 aromatic rings. The summed E-state index contributed by atoms with van der Waals surface area (Å²) in [7, 11) is -3.83. The highest BCUT2D eigenvalue weighted by molar-refractivity contribution is 7.89. The lowest BCUT2D eigenvalue weighted by atomic mass is 9.35. The van der Waals surface area contributed by atoms with Crippen LogP contribution in [0, 0.1) is 39.9 Å². The fraction of sp³-hybridized carbons (Fsp3) is 0.769. The number of fused-ring (bicyclic) bond motifs is 2. The van der Waals surface area contributed by atoms with Gasteiger partial charge >= 0.3 is 0 Å². The van der Waals surface area contributed by atoms with Crippen LogP contribution >= 0.6 is 0 Å². The van der Waals surface area contributed by atoms with Gasteiger partial charge in [-0.05, 0) is 61.5 Å². The first-order valence-corrected chi connectivity index (χ1v) is 14.7. The minimum atomic E-state index is -3.83. The van der Waals surface area contributed by atoms with Crippen molar-refractivity contribution in [2.45, 2.75) is 74.9 Å². The Morgan fingerprint density at radius 3 is 2.62 bits per heavy atom. The van der Waals surface area contributed by atoms with Crippen LogP contribution in [-0.4, -0.2) is 76.9 Å². The molecule has 3 heterocycles. The fourth-order valence-corrected chi connectivity index (χ4v) is 10.4. The molecule has 4 bridgehead atoms. The van der Waals surface area contributed by atoms with Gasteiger partial charge in [0.2, 0.25) is 15.8 Å². The molecule has 2 saturated heterocycles.